The van der Waals surface area contributed by atoms with Crippen LogP contribution in [0.4, 0.5) is 5.69 Å². The van der Waals surface area contributed by atoms with Crippen LogP contribution in [0.5, 0.6) is 0 Å². The van der Waals surface area contributed by atoms with Gasteiger partial charge in [-0.1, -0.05) is 51.1 Å². The number of benzene rings is 2. The number of nitrogens with one attached hydrogen (secondary N) is 1. The van der Waals surface area contributed by atoms with E-state index in [4.69, 9.17) is 0 Å². The third-order valence-corrected chi connectivity index (χ3v) is 4.45. The molecule has 0 spiro atoms. The first kappa shape index (κ1) is 16.0. The summed E-state index contributed by atoms with van der Waals surface area (Å²) < 4.78 is 0. The van der Waals surface area contributed by atoms with E-state index in [9.17, 15) is 0 Å². The number of rotatable bonds is 4. The Morgan fingerprint density at radius 1 is 1.00 bits per heavy atom. The predicted octanol–water partition coefficient (Wildman–Crippen LogP) is 5.88. The second-order valence-electron chi connectivity index (χ2n) is 6.47. The summed E-state index contributed by atoms with van der Waals surface area (Å²) in [5, 5.41) is 3.58. The average Bonchev–Trinajstić information content (AvgIpc) is 2.46. The van der Waals surface area contributed by atoms with E-state index in [0.29, 0.717) is 6.04 Å². The molecule has 2 aromatic carbocycles. The molecule has 0 bridgehead atoms. The lowest BCUT2D eigenvalue weighted by molar-refractivity contribution is 0.589. The first-order valence-corrected chi connectivity index (χ1v) is 8.63. The van der Waals surface area contributed by atoms with Gasteiger partial charge in [0.1, 0.15) is 0 Å². The minimum atomic E-state index is 0.210. The Balaban J connectivity index is 2.11. The third-order valence-electron chi connectivity index (χ3n) is 3.73. The van der Waals surface area contributed by atoms with Crippen molar-refractivity contribution in [2.75, 3.05) is 11.6 Å². The van der Waals surface area contributed by atoms with E-state index < -0.39 is 0 Å². The molecule has 2 rings (SSSR count). The van der Waals surface area contributed by atoms with Gasteiger partial charge in [-0.25, -0.2) is 0 Å². The molecule has 0 saturated heterocycles. The summed E-state index contributed by atoms with van der Waals surface area (Å²) in [5.41, 5.74) is 4.08. The maximum Gasteiger partial charge on any atom is 0.0485 e. The highest BCUT2D eigenvalue weighted by Gasteiger charge is 2.14. The smallest absolute Gasteiger partial charge is 0.0485 e. The van der Waals surface area contributed by atoms with Crippen LogP contribution < -0.4 is 5.32 Å². The Kier molecular flexibility index (Phi) is 5.00. The SMILES string of the molecule is CSc1cccc(NC(C)c2ccc(C(C)(C)C)cc2)c1. The van der Waals surface area contributed by atoms with Gasteiger partial charge in [0, 0.05) is 16.6 Å². The summed E-state index contributed by atoms with van der Waals surface area (Å²) in [5.74, 6) is 0. The Bertz CT molecular complexity index is 581. The minimum absolute atomic E-state index is 0.210. The maximum absolute atomic E-state index is 3.58. The van der Waals surface area contributed by atoms with E-state index in [1.807, 2.05) is 0 Å². The first-order chi connectivity index (χ1) is 9.90. The second-order valence-corrected chi connectivity index (χ2v) is 7.35. The Labute approximate surface area is 133 Å². The summed E-state index contributed by atoms with van der Waals surface area (Å²) in [7, 11) is 0. The van der Waals surface area contributed by atoms with Crippen LogP contribution in [0.25, 0.3) is 0 Å². The molecule has 2 aromatic rings. The predicted molar refractivity (Wildman–Crippen MR) is 95.4 cm³/mol. The van der Waals surface area contributed by atoms with Crippen molar-refractivity contribution in [1.29, 1.82) is 0 Å². The van der Waals surface area contributed by atoms with E-state index in [1.54, 1.807) is 11.8 Å². The molecule has 0 heterocycles. The minimum Gasteiger partial charge on any atom is -0.378 e. The van der Waals surface area contributed by atoms with Gasteiger partial charge < -0.3 is 5.32 Å². The number of thioether (sulfide) groups is 1. The molecule has 112 valence electrons. The highest BCUT2D eigenvalue weighted by Crippen LogP contribution is 2.26. The van der Waals surface area contributed by atoms with Gasteiger partial charge in [0.15, 0.2) is 0 Å². The Morgan fingerprint density at radius 2 is 1.67 bits per heavy atom. The van der Waals surface area contributed by atoms with Crippen molar-refractivity contribution < 1.29 is 0 Å². The highest BCUT2D eigenvalue weighted by molar-refractivity contribution is 7.98. The fourth-order valence-electron chi connectivity index (χ4n) is 2.32. The van der Waals surface area contributed by atoms with Gasteiger partial charge in [0.05, 0.1) is 0 Å². The molecule has 2 heteroatoms. The van der Waals surface area contributed by atoms with E-state index >= 15 is 0 Å². The van der Waals surface area contributed by atoms with Crippen LogP contribution in [-0.4, -0.2) is 6.26 Å². The number of anilines is 1. The van der Waals surface area contributed by atoms with Gasteiger partial charge in [-0.05, 0) is 47.9 Å². The van der Waals surface area contributed by atoms with Crippen LogP contribution in [0.15, 0.2) is 53.4 Å². The quantitative estimate of drug-likeness (QED) is 0.708. The topological polar surface area (TPSA) is 12.0 Å². The van der Waals surface area contributed by atoms with Crippen molar-refractivity contribution >= 4 is 17.4 Å². The van der Waals surface area contributed by atoms with E-state index in [2.05, 4.69) is 87.8 Å². The van der Waals surface area contributed by atoms with Crippen molar-refractivity contribution in [3.05, 3.63) is 59.7 Å². The van der Waals surface area contributed by atoms with Crippen molar-refractivity contribution in [3.8, 4) is 0 Å². The van der Waals surface area contributed by atoms with Gasteiger partial charge in [0.2, 0.25) is 0 Å². The van der Waals surface area contributed by atoms with Crippen LogP contribution in [-0.2, 0) is 5.41 Å². The zero-order valence-corrected chi connectivity index (χ0v) is 14.4. The van der Waals surface area contributed by atoms with Crippen LogP contribution in [0.3, 0.4) is 0 Å². The molecule has 0 amide bonds. The second kappa shape index (κ2) is 6.57. The van der Waals surface area contributed by atoms with Crippen LogP contribution >= 0.6 is 11.8 Å². The van der Waals surface area contributed by atoms with Gasteiger partial charge in [-0.2, -0.15) is 0 Å². The summed E-state index contributed by atoms with van der Waals surface area (Å²) in [6.45, 7) is 8.95. The van der Waals surface area contributed by atoms with Gasteiger partial charge in [0.25, 0.3) is 0 Å². The van der Waals surface area contributed by atoms with Crippen LogP contribution in [0.2, 0.25) is 0 Å². The molecule has 0 aliphatic rings. The molecule has 1 unspecified atom stereocenters. The summed E-state index contributed by atoms with van der Waals surface area (Å²) in [6.07, 6.45) is 2.10. The molecule has 0 aromatic heterocycles. The van der Waals surface area contributed by atoms with E-state index in [-0.39, 0.29) is 5.41 Å². The van der Waals surface area contributed by atoms with Crippen LogP contribution in [0.1, 0.15) is 44.9 Å². The first-order valence-electron chi connectivity index (χ1n) is 7.41. The average molecular weight is 299 g/mol. The summed E-state index contributed by atoms with van der Waals surface area (Å²) in [4.78, 5) is 1.29. The fourth-order valence-corrected chi connectivity index (χ4v) is 2.78. The van der Waals surface area contributed by atoms with Gasteiger partial charge >= 0.3 is 0 Å². The molecule has 0 radical (unpaired) electrons. The largest absolute Gasteiger partial charge is 0.378 e. The Morgan fingerprint density at radius 3 is 2.24 bits per heavy atom. The number of hydrogen-bond donors (Lipinski definition) is 1. The maximum atomic E-state index is 3.58. The molecule has 1 atom stereocenters. The molecule has 1 N–H and O–H groups in total. The zero-order chi connectivity index (χ0) is 15.5. The summed E-state index contributed by atoms with van der Waals surface area (Å²) in [6, 6.07) is 17.8. The molecule has 0 fully saturated rings. The lowest BCUT2D eigenvalue weighted by atomic mass is 9.86. The van der Waals surface area contributed by atoms with Crippen molar-refractivity contribution in [1.82, 2.24) is 0 Å². The highest BCUT2D eigenvalue weighted by atomic mass is 32.2. The molecule has 1 nitrogen and oxygen atoms in total. The van der Waals surface area contributed by atoms with Crippen molar-refractivity contribution in [3.63, 3.8) is 0 Å². The van der Waals surface area contributed by atoms with E-state index in [1.165, 1.54) is 21.7 Å². The Hall–Kier alpha value is -1.41. The molecule has 0 saturated carbocycles. The zero-order valence-electron chi connectivity index (χ0n) is 13.6. The third kappa shape index (κ3) is 4.28. The van der Waals surface area contributed by atoms with Gasteiger partial charge in [-0.3, -0.25) is 0 Å². The fraction of sp³-hybridized carbons (Fsp3) is 0.368. The lowest BCUT2D eigenvalue weighted by Crippen LogP contribution is -2.12. The standard InChI is InChI=1S/C19H25NS/c1-14(20-17-7-6-8-18(13-17)21-5)15-9-11-16(12-10-15)19(2,3)4/h6-14,20H,1-5H3. The molecule has 21 heavy (non-hydrogen) atoms. The van der Waals surface area contributed by atoms with Crippen molar-refractivity contribution in [2.45, 2.75) is 44.0 Å². The number of hydrogen-bond acceptors (Lipinski definition) is 2. The molecular formula is C19H25NS. The molecule has 0 aliphatic carbocycles. The van der Waals surface area contributed by atoms with Crippen molar-refractivity contribution in [2.24, 2.45) is 0 Å². The lowest BCUT2D eigenvalue weighted by Gasteiger charge is -2.21. The molecular weight excluding hydrogens is 274 g/mol. The summed E-state index contributed by atoms with van der Waals surface area (Å²) >= 11 is 1.77. The normalized spacial score (nSPS) is 13.0. The molecule has 0 aliphatic heterocycles. The van der Waals surface area contributed by atoms with E-state index in [0.717, 1.165) is 0 Å². The monoisotopic (exact) mass is 299 g/mol. The van der Waals surface area contributed by atoms with Gasteiger partial charge in [-0.15, -0.1) is 11.8 Å². The van der Waals surface area contributed by atoms with Crippen LogP contribution in [0, 0.1) is 0 Å².